The number of halogens is 1. The summed E-state index contributed by atoms with van der Waals surface area (Å²) in [6, 6.07) is 7.29. The van der Waals surface area contributed by atoms with Crippen LogP contribution in [-0.2, 0) is 7.05 Å². The Hall–Kier alpha value is -1.62. The van der Waals surface area contributed by atoms with E-state index in [1.165, 1.54) is 0 Å². The summed E-state index contributed by atoms with van der Waals surface area (Å²) in [5.41, 5.74) is 1.79. The van der Waals surface area contributed by atoms with E-state index in [2.05, 4.69) is 32.1 Å². The highest BCUT2D eigenvalue weighted by Gasteiger charge is 2.09. The fraction of sp³-hybridized carbons (Fsp3) is 0.167. The third-order valence-electron chi connectivity index (χ3n) is 2.62. The van der Waals surface area contributed by atoms with Gasteiger partial charge in [-0.3, -0.25) is 9.25 Å². The topological polar surface area (TPSA) is 35.6 Å². The molecule has 4 nitrogen and oxygen atoms in total. The molecule has 0 bridgehead atoms. The molecule has 0 saturated carbocycles. The van der Waals surface area contributed by atoms with Gasteiger partial charge in [0.15, 0.2) is 0 Å². The Labute approximate surface area is 107 Å². The van der Waals surface area contributed by atoms with Crippen LogP contribution in [0.1, 0.15) is 5.69 Å². The minimum absolute atomic E-state index is 0.876. The molecule has 0 aliphatic carbocycles. The molecule has 0 N–H and O–H groups in total. The zero-order valence-corrected chi connectivity index (χ0v) is 11.1. The molecular weight excluding hydrogens is 280 g/mol. The van der Waals surface area contributed by atoms with E-state index >= 15 is 0 Å². The van der Waals surface area contributed by atoms with Gasteiger partial charge in [-0.05, 0) is 35.0 Å². The van der Waals surface area contributed by atoms with Crippen molar-refractivity contribution in [2.24, 2.45) is 7.05 Å². The normalized spacial score (nSPS) is 11.2. The summed E-state index contributed by atoms with van der Waals surface area (Å²) in [6.07, 6.45) is 3.78. The van der Waals surface area contributed by atoms with Crippen LogP contribution in [0.3, 0.4) is 0 Å². The molecule has 3 aromatic heterocycles. The summed E-state index contributed by atoms with van der Waals surface area (Å²) in [5, 5.41) is 5.38. The summed E-state index contributed by atoms with van der Waals surface area (Å²) in [7, 11) is 1.91. The van der Waals surface area contributed by atoms with Gasteiger partial charge in [0.05, 0.1) is 11.8 Å². The molecule has 0 atom stereocenters. The van der Waals surface area contributed by atoms with E-state index in [4.69, 9.17) is 0 Å². The number of hydrogen-bond donors (Lipinski definition) is 0. The summed E-state index contributed by atoms with van der Waals surface area (Å²) >= 11 is 3.42. The Balaban J connectivity index is 2.28. The van der Waals surface area contributed by atoms with Gasteiger partial charge >= 0.3 is 0 Å². The summed E-state index contributed by atoms with van der Waals surface area (Å²) < 4.78 is 4.77. The van der Waals surface area contributed by atoms with E-state index in [1.807, 2.05) is 36.9 Å². The average Bonchev–Trinajstić information content (AvgIpc) is 2.81. The molecular formula is C12H10BrN4. The molecule has 0 unspecified atom stereocenters. The van der Waals surface area contributed by atoms with Crippen LogP contribution in [0.2, 0.25) is 0 Å². The maximum atomic E-state index is 4.42. The van der Waals surface area contributed by atoms with Crippen molar-refractivity contribution >= 4 is 27.0 Å². The molecule has 0 aliphatic rings. The Bertz CT molecular complexity index is 696. The standard InChI is InChI=1S/C12H10BrN4/c1-8-5-11(16(2)15-8)17-4-3-9-6-10(13)7-14-12(9)17/h3-4,6-7H,1-2H3. The van der Waals surface area contributed by atoms with Crippen molar-refractivity contribution in [2.75, 3.05) is 0 Å². The lowest BCUT2D eigenvalue weighted by Gasteiger charge is -2.03. The van der Waals surface area contributed by atoms with Crippen molar-refractivity contribution in [1.29, 1.82) is 0 Å². The lowest BCUT2D eigenvalue weighted by Crippen LogP contribution is -2.02. The van der Waals surface area contributed by atoms with Gasteiger partial charge < -0.3 is 0 Å². The van der Waals surface area contributed by atoms with E-state index in [1.54, 1.807) is 10.9 Å². The van der Waals surface area contributed by atoms with Crippen molar-refractivity contribution in [3.8, 4) is 5.82 Å². The predicted molar refractivity (Wildman–Crippen MR) is 69.1 cm³/mol. The van der Waals surface area contributed by atoms with Gasteiger partial charge in [-0.1, -0.05) is 0 Å². The first-order chi connectivity index (χ1) is 8.15. The molecule has 3 rings (SSSR count). The fourth-order valence-electron chi connectivity index (χ4n) is 1.92. The molecule has 0 fully saturated rings. The number of aryl methyl sites for hydroxylation is 2. The molecule has 1 radical (unpaired) electrons. The quantitative estimate of drug-likeness (QED) is 0.690. The summed E-state index contributed by atoms with van der Waals surface area (Å²) in [6.45, 7) is 1.93. The number of hydrogen-bond acceptors (Lipinski definition) is 2. The third-order valence-corrected chi connectivity index (χ3v) is 3.05. The molecule has 0 amide bonds. The lowest BCUT2D eigenvalue weighted by molar-refractivity contribution is 0.727. The smallest absolute Gasteiger partial charge is 0.145 e. The average molecular weight is 290 g/mol. The summed E-state index contributed by atoms with van der Waals surface area (Å²) in [5.74, 6) is 0.896. The maximum absolute atomic E-state index is 4.42. The zero-order valence-electron chi connectivity index (χ0n) is 9.48. The first-order valence-electron chi connectivity index (χ1n) is 5.21. The van der Waals surface area contributed by atoms with Crippen LogP contribution < -0.4 is 0 Å². The fourth-order valence-corrected chi connectivity index (χ4v) is 2.27. The highest BCUT2D eigenvalue weighted by Crippen LogP contribution is 2.21. The number of rotatable bonds is 1. The van der Waals surface area contributed by atoms with Crippen LogP contribution in [0.4, 0.5) is 0 Å². The van der Waals surface area contributed by atoms with E-state index in [0.29, 0.717) is 0 Å². The molecule has 3 aromatic rings. The lowest BCUT2D eigenvalue weighted by atomic mass is 10.3. The van der Waals surface area contributed by atoms with E-state index in [0.717, 1.165) is 27.0 Å². The van der Waals surface area contributed by atoms with Crippen molar-refractivity contribution in [2.45, 2.75) is 6.92 Å². The van der Waals surface area contributed by atoms with Crippen LogP contribution in [0.15, 0.2) is 29.0 Å². The van der Waals surface area contributed by atoms with Crippen LogP contribution in [-0.4, -0.2) is 19.3 Å². The number of pyridine rings is 1. The molecule has 0 aromatic carbocycles. The predicted octanol–water partition coefficient (Wildman–Crippen LogP) is 2.63. The second kappa shape index (κ2) is 3.70. The first kappa shape index (κ1) is 10.5. The van der Waals surface area contributed by atoms with Gasteiger partial charge in [-0.2, -0.15) is 5.10 Å². The SMILES string of the molecule is Cc1[c]c(-n2ccc3cc(Br)cnc32)n(C)n1. The zero-order chi connectivity index (χ0) is 12.0. The Morgan fingerprint density at radius 3 is 2.94 bits per heavy atom. The molecule has 5 heteroatoms. The Morgan fingerprint density at radius 2 is 2.24 bits per heavy atom. The van der Waals surface area contributed by atoms with Gasteiger partial charge in [0.1, 0.15) is 11.5 Å². The van der Waals surface area contributed by atoms with Gasteiger partial charge in [-0.25, -0.2) is 4.98 Å². The number of fused-ring (bicyclic) bond motifs is 1. The van der Waals surface area contributed by atoms with Crippen LogP contribution >= 0.6 is 15.9 Å². The van der Waals surface area contributed by atoms with Crippen LogP contribution in [0.5, 0.6) is 0 Å². The van der Waals surface area contributed by atoms with Crippen molar-refractivity contribution in [1.82, 2.24) is 19.3 Å². The third kappa shape index (κ3) is 1.67. The van der Waals surface area contributed by atoms with Crippen molar-refractivity contribution in [3.05, 3.63) is 40.8 Å². The monoisotopic (exact) mass is 289 g/mol. The summed E-state index contributed by atoms with van der Waals surface area (Å²) in [4.78, 5) is 4.42. The Morgan fingerprint density at radius 1 is 1.41 bits per heavy atom. The van der Waals surface area contributed by atoms with E-state index in [9.17, 15) is 0 Å². The molecule has 3 heterocycles. The van der Waals surface area contributed by atoms with E-state index < -0.39 is 0 Å². The van der Waals surface area contributed by atoms with Gasteiger partial charge in [0, 0.05) is 29.3 Å². The largest absolute Gasteiger partial charge is 0.285 e. The second-order valence-electron chi connectivity index (χ2n) is 3.91. The van der Waals surface area contributed by atoms with Gasteiger partial charge in [-0.15, -0.1) is 0 Å². The van der Waals surface area contributed by atoms with Crippen LogP contribution in [0.25, 0.3) is 16.9 Å². The van der Waals surface area contributed by atoms with Crippen molar-refractivity contribution in [3.63, 3.8) is 0 Å². The molecule has 17 heavy (non-hydrogen) atoms. The van der Waals surface area contributed by atoms with Crippen LogP contribution in [0, 0.1) is 13.0 Å². The van der Waals surface area contributed by atoms with E-state index in [-0.39, 0.29) is 0 Å². The molecule has 0 saturated heterocycles. The second-order valence-corrected chi connectivity index (χ2v) is 4.83. The van der Waals surface area contributed by atoms with Crippen molar-refractivity contribution < 1.29 is 0 Å². The maximum Gasteiger partial charge on any atom is 0.145 e. The molecule has 85 valence electrons. The highest BCUT2D eigenvalue weighted by atomic mass is 79.9. The molecule has 0 aliphatic heterocycles. The number of aromatic nitrogens is 4. The highest BCUT2D eigenvalue weighted by molar-refractivity contribution is 9.10. The minimum Gasteiger partial charge on any atom is -0.285 e. The number of nitrogens with zero attached hydrogens (tertiary/aromatic N) is 4. The van der Waals surface area contributed by atoms with Gasteiger partial charge in [0.2, 0.25) is 0 Å². The Kier molecular flexibility index (Phi) is 2.29. The van der Waals surface area contributed by atoms with Gasteiger partial charge in [0.25, 0.3) is 0 Å². The molecule has 0 spiro atoms. The minimum atomic E-state index is 0.876. The first-order valence-corrected chi connectivity index (χ1v) is 6.00.